The van der Waals surface area contributed by atoms with Crippen molar-refractivity contribution in [2.45, 2.75) is 44.2 Å². The van der Waals surface area contributed by atoms with E-state index in [4.69, 9.17) is 30.0 Å². The number of aromatic nitrogens is 1. The number of carbonyl (C=O) groups is 2. The van der Waals surface area contributed by atoms with Gasteiger partial charge >= 0.3 is 13.6 Å². The number of nitrogens with zero attached hydrogens (tertiary/aromatic N) is 2. The highest BCUT2D eigenvalue weighted by atomic mass is 31.2. The fourth-order valence-corrected chi connectivity index (χ4v) is 5.43. The monoisotopic (exact) mass is 471 g/mol. The minimum atomic E-state index is -3.82. The molecule has 1 aliphatic heterocycles. The molecule has 1 amide bonds. The summed E-state index contributed by atoms with van der Waals surface area (Å²) in [6, 6.07) is 0.0456. The molecule has 1 aromatic rings. The summed E-state index contributed by atoms with van der Waals surface area (Å²) in [4.78, 5) is 28.4. The smallest absolute Gasteiger partial charge is 0.370 e. The van der Waals surface area contributed by atoms with Crippen molar-refractivity contribution in [1.29, 1.82) is 0 Å². The predicted molar refractivity (Wildman–Crippen MR) is 116 cm³/mol. The van der Waals surface area contributed by atoms with E-state index in [1.165, 1.54) is 21.3 Å². The van der Waals surface area contributed by atoms with Crippen LogP contribution in [0.3, 0.4) is 0 Å². The van der Waals surface area contributed by atoms with Gasteiger partial charge in [0.15, 0.2) is 0 Å². The Hall–Kier alpha value is -2.24. The number of hydrogen-bond acceptors (Lipinski definition) is 10. The standard InChI is InChI=1S/C19H30N5O7P/c1-10-22-15(20)14-13(16(21)25)8-24(17(14)23-10)12-6-5-11(7-12)9-31-19(18(26)28-2)32(27,29-3)30-4/h8,11-12,15,19H,5-7,9,20H2,1-4H3,(H2,21,25)(H,22,23)/t11-,12+,15?,19?/m1/s1. The van der Waals surface area contributed by atoms with Crippen LogP contribution in [0.1, 0.15) is 54.3 Å². The molecule has 178 valence electrons. The van der Waals surface area contributed by atoms with Crippen LogP contribution in [-0.4, -0.2) is 56.1 Å². The number of primary amides is 1. The van der Waals surface area contributed by atoms with E-state index in [-0.39, 0.29) is 18.6 Å². The molecule has 3 rings (SSSR count). The number of rotatable bonds is 9. The van der Waals surface area contributed by atoms with E-state index in [2.05, 4.69) is 10.3 Å². The second kappa shape index (κ2) is 9.72. The third-order valence-electron chi connectivity index (χ3n) is 5.86. The lowest BCUT2D eigenvalue weighted by atomic mass is 10.1. The van der Waals surface area contributed by atoms with Gasteiger partial charge in [0, 0.05) is 32.0 Å². The number of aliphatic imine (C=N–C) groups is 1. The molecule has 2 heterocycles. The highest BCUT2D eigenvalue weighted by molar-refractivity contribution is 7.55. The Morgan fingerprint density at radius 2 is 2.00 bits per heavy atom. The van der Waals surface area contributed by atoms with Crippen molar-refractivity contribution >= 4 is 31.1 Å². The molecule has 1 saturated carbocycles. The Bertz CT molecular complexity index is 954. The van der Waals surface area contributed by atoms with Gasteiger partial charge in [0.2, 0.25) is 0 Å². The number of carbonyl (C=O) groups excluding carboxylic acids is 2. The second-order valence-corrected chi connectivity index (χ2v) is 10.1. The molecule has 0 bridgehead atoms. The number of esters is 1. The number of ether oxygens (including phenoxy) is 2. The van der Waals surface area contributed by atoms with Crippen LogP contribution in [0.5, 0.6) is 0 Å². The number of nitrogens with two attached hydrogens (primary N) is 2. The van der Waals surface area contributed by atoms with Crippen molar-refractivity contribution in [3.05, 3.63) is 17.3 Å². The number of amides is 1. The van der Waals surface area contributed by atoms with Gasteiger partial charge in [-0.15, -0.1) is 0 Å². The van der Waals surface area contributed by atoms with Crippen molar-refractivity contribution in [1.82, 2.24) is 4.57 Å². The van der Waals surface area contributed by atoms with Gasteiger partial charge in [0.1, 0.15) is 17.8 Å². The zero-order valence-corrected chi connectivity index (χ0v) is 19.5. The molecule has 2 aliphatic rings. The number of anilines is 1. The quantitative estimate of drug-likeness (QED) is 0.358. The molecular weight excluding hydrogens is 441 g/mol. The third-order valence-corrected chi connectivity index (χ3v) is 7.81. The van der Waals surface area contributed by atoms with Crippen molar-refractivity contribution in [2.75, 3.05) is 33.3 Å². The van der Waals surface area contributed by atoms with Gasteiger partial charge in [-0.05, 0) is 32.1 Å². The Kier molecular flexibility index (Phi) is 7.41. The highest BCUT2D eigenvalue weighted by Gasteiger charge is 2.43. The predicted octanol–water partition coefficient (Wildman–Crippen LogP) is 1.73. The molecule has 4 atom stereocenters. The summed E-state index contributed by atoms with van der Waals surface area (Å²) in [5.74, 6) is -1.45. The minimum absolute atomic E-state index is 0.0456. The molecule has 1 fully saturated rings. The molecule has 1 aromatic heterocycles. The molecule has 5 N–H and O–H groups in total. The van der Waals surface area contributed by atoms with Crippen molar-refractivity contribution < 1.29 is 32.7 Å². The first-order valence-electron chi connectivity index (χ1n) is 10.2. The summed E-state index contributed by atoms with van der Waals surface area (Å²) in [5.41, 5.74) is 12.6. The lowest BCUT2D eigenvalue weighted by molar-refractivity contribution is -0.150. The zero-order chi connectivity index (χ0) is 23.6. The van der Waals surface area contributed by atoms with E-state index in [1.54, 1.807) is 13.1 Å². The molecule has 0 radical (unpaired) electrons. The van der Waals surface area contributed by atoms with Crippen LogP contribution in [0.2, 0.25) is 0 Å². The number of hydrogen-bond donors (Lipinski definition) is 3. The van der Waals surface area contributed by atoms with Crippen molar-refractivity contribution in [2.24, 2.45) is 22.4 Å². The summed E-state index contributed by atoms with van der Waals surface area (Å²) < 4.78 is 34.9. The topological polar surface area (TPSA) is 169 Å². The van der Waals surface area contributed by atoms with Crippen LogP contribution in [-0.2, 0) is 27.9 Å². The maximum absolute atomic E-state index is 12.7. The first-order valence-corrected chi connectivity index (χ1v) is 11.8. The van der Waals surface area contributed by atoms with E-state index in [1.807, 2.05) is 4.57 Å². The van der Waals surface area contributed by atoms with Crippen LogP contribution in [0.15, 0.2) is 11.2 Å². The number of methoxy groups -OCH3 is 1. The first-order chi connectivity index (χ1) is 15.1. The molecule has 13 heteroatoms. The van der Waals surface area contributed by atoms with E-state index in [0.717, 1.165) is 12.8 Å². The highest BCUT2D eigenvalue weighted by Crippen LogP contribution is 2.53. The van der Waals surface area contributed by atoms with Crippen LogP contribution in [0.25, 0.3) is 0 Å². The molecule has 0 spiro atoms. The minimum Gasteiger partial charge on any atom is -0.467 e. The maximum atomic E-state index is 12.7. The normalized spacial score (nSPS) is 23.8. The SMILES string of the molecule is COC(=O)C(OC[C@@H]1CC[C@H](n2cc(C(N)=O)c3c2NC(C)=NC3N)C1)P(=O)(OC)OC. The molecule has 2 unspecified atom stereocenters. The average Bonchev–Trinajstić information content (AvgIpc) is 3.38. The maximum Gasteiger partial charge on any atom is 0.370 e. The van der Waals surface area contributed by atoms with Gasteiger partial charge in [-0.2, -0.15) is 0 Å². The van der Waals surface area contributed by atoms with E-state index in [0.29, 0.717) is 29.2 Å². The third kappa shape index (κ3) is 4.60. The van der Waals surface area contributed by atoms with E-state index < -0.39 is 31.5 Å². The van der Waals surface area contributed by atoms with E-state index in [9.17, 15) is 14.2 Å². The Balaban J connectivity index is 1.75. The lowest BCUT2D eigenvalue weighted by Crippen LogP contribution is -2.29. The van der Waals surface area contributed by atoms with Gasteiger partial charge in [-0.25, -0.2) is 9.79 Å². The zero-order valence-electron chi connectivity index (χ0n) is 18.6. The Labute approximate surface area is 186 Å². The van der Waals surface area contributed by atoms with Gasteiger partial charge in [0.25, 0.3) is 11.8 Å². The molecule has 12 nitrogen and oxygen atoms in total. The summed E-state index contributed by atoms with van der Waals surface area (Å²) >= 11 is 0. The molecule has 32 heavy (non-hydrogen) atoms. The van der Waals surface area contributed by atoms with Gasteiger partial charge in [-0.3, -0.25) is 9.36 Å². The van der Waals surface area contributed by atoms with Crippen LogP contribution < -0.4 is 16.8 Å². The van der Waals surface area contributed by atoms with Gasteiger partial charge in [-0.1, -0.05) is 0 Å². The van der Waals surface area contributed by atoms with Crippen LogP contribution >= 0.6 is 7.60 Å². The Morgan fingerprint density at radius 3 is 2.59 bits per heavy atom. The second-order valence-electron chi connectivity index (χ2n) is 7.81. The van der Waals surface area contributed by atoms with Gasteiger partial charge in [0.05, 0.1) is 19.3 Å². The van der Waals surface area contributed by atoms with Crippen LogP contribution in [0.4, 0.5) is 5.82 Å². The lowest BCUT2D eigenvalue weighted by Gasteiger charge is -2.24. The summed E-state index contributed by atoms with van der Waals surface area (Å²) in [6.07, 6.45) is 3.33. The first kappa shape index (κ1) is 24.4. The average molecular weight is 471 g/mol. The molecule has 0 aromatic carbocycles. The number of nitrogens with one attached hydrogen (secondary N) is 1. The molecule has 1 aliphatic carbocycles. The van der Waals surface area contributed by atoms with Crippen molar-refractivity contribution in [3.63, 3.8) is 0 Å². The summed E-state index contributed by atoms with van der Waals surface area (Å²) in [7, 11) is -0.278. The largest absolute Gasteiger partial charge is 0.467 e. The summed E-state index contributed by atoms with van der Waals surface area (Å²) in [6.45, 7) is 1.96. The fourth-order valence-electron chi connectivity index (χ4n) is 4.27. The molecular formula is C19H30N5O7P. The van der Waals surface area contributed by atoms with Crippen molar-refractivity contribution in [3.8, 4) is 0 Å². The number of amidine groups is 1. The Morgan fingerprint density at radius 1 is 1.31 bits per heavy atom. The van der Waals surface area contributed by atoms with Gasteiger partial charge < -0.3 is 39.9 Å². The summed E-state index contributed by atoms with van der Waals surface area (Å²) in [5, 5.41) is 3.20. The fraction of sp³-hybridized carbons (Fsp3) is 0.632. The van der Waals surface area contributed by atoms with E-state index >= 15 is 0 Å². The van der Waals surface area contributed by atoms with Crippen LogP contribution in [0, 0.1) is 5.92 Å². The molecule has 0 saturated heterocycles. The number of fused-ring (bicyclic) bond motifs is 1.